The highest BCUT2D eigenvalue weighted by atomic mass is 32.2. The lowest BCUT2D eigenvalue weighted by Crippen LogP contribution is -2.24. The molecule has 0 aliphatic rings. The number of sulfone groups is 1. The second-order valence-corrected chi connectivity index (χ2v) is 7.73. The van der Waals surface area contributed by atoms with Crippen molar-refractivity contribution in [2.45, 2.75) is 21.7 Å². The van der Waals surface area contributed by atoms with E-state index in [-0.39, 0.29) is 15.3 Å². The number of pyridine rings is 1. The number of hydrogen-bond donors (Lipinski definition) is 1. The zero-order valence-corrected chi connectivity index (χ0v) is 14.3. The van der Waals surface area contributed by atoms with Gasteiger partial charge in [-0.05, 0) is 36.9 Å². The number of thioether (sulfide) groups is 1. The molecule has 2 aromatic heterocycles. The lowest BCUT2D eigenvalue weighted by Gasteiger charge is -2.12. The Morgan fingerprint density at radius 1 is 1.13 bits per heavy atom. The molecule has 2 heterocycles. The molecular formula is C16H15N3O2S2. The van der Waals surface area contributed by atoms with Gasteiger partial charge >= 0.3 is 0 Å². The fourth-order valence-corrected chi connectivity index (χ4v) is 4.76. The molecule has 0 amide bonds. The highest BCUT2D eigenvalue weighted by Gasteiger charge is 2.25. The van der Waals surface area contributed by atoms with Gasteiger partial charge in [-0.15, -0.1) is 11.8 Å². The van der Waals surface area contributed by atoms with E-state index in [9.17, 15) is 8.42 Å². The first-order chi connectivity index (χ1) is 10.9. The molecule has 3 rings (SSSR count). The first-order valence-electron chi connectivity index (χ1n) is 6.87. The summed E-state index contributed by atoms with van der Waals surface area (Å²) in [6, 6.07) is 11.8. The summed E-state index contributed by atoms with van der Waals surface area (Å²) in [6.45, 7) is 1.89. The van der Waals surface area contributed by atoms with Gasteiger partial charge in [-0.25, -0.2) is 13.4 Å². The van der Waals surface area contributed by atoms with Gasteiger partial charge < -0.3 is 0 Å². The summed E-state index contributed by atoms with van der Waals surface area (Å²) in [7, 11) is -3.81. The van der Waals surface area contributed by atoms with Gasteiger partial charge in [0.2, 0.25) is 9.84 Å². The van der Waals surface area contributed by atoms with Crippen molar-refractivity contribution in [3.63, 3.8) is 0 Å². The van der Waals surface area contributed by atoms with Crippen LogP contribution in [0.5, 0.6) is 0 Å². The largest absolute Gasteiger partial charge is 0.285 e. The maximum atomic E-state index is 13.0. The smallest absolute Gasteiger partial charge is 0.212 e. The van der Waals surface area contributed by atoms with Gasteiger partial charge in [0.05, 0.1) is 4.90 Å². The van der Waals surface area contributed by atoms with Gasteiger partial charge in [0.25, 0.3) is 0 Å². The monoisotopic (exact) mass is 345 g/mol. The van der Waals surface area contributed by atoms with Gasteiger partial charge in [-0.3, -0.25) is 9.81 Å². The predicted molar refractivity (Wildman–Crippen MR) is 89.5 cm³/mol. The van der Waals surface area contributed by atoms with Crippen LogP contribution in [-0.4, -0.2) is 24.1 Å². The molecule has 0 atom stereocenters. The molecule has 0 aliphatic heterocycles. The Balaban J connectivity index is 2.41. The second-order valence-electron chi connectivity index (χ2n) is 5.05. The van der Waals surface area contributed by atoms with Crippen molar-refractivity contribution in [3.05, 3.63) is 59.7 Å². The topological polar surface area (TPSA) is 75.3 Å². The van der Waals surface area contributed by atoms with Crippen LogP contribution in [0.3, 0.4) is 0 Å². The van der Waals surface area contributed by atoms with Crippen LogP contribution in [0.2, 0.25) is 0 Å². The van der Waals surface area contributed by atoms with Crippen LogP contribution in [0, 0.1) is 12.3 Å². The zero-order chi connectivity index (χ0) is 16.6. The van der Waals surface area contributed by atoms with Crippen LogP contribution < -0.4 is 5.49 Å². The van der Waals surface area contributed by atoms with E-state index in [1.54, 1.807) is 36.7 Å². The van der Waals surface area contributed by atoms with E-state index in [1.165, 1.54) is 28.3 Å². The number of aromatic nitrogens is 2. The third kappa shape index (κ3) is 2.66. The number of aryl methyl sites for hydroxylation is 1. The molecule has 0 bridgehead atoms. The normalized spacial score (nSPS) is 11.7. The summed E-state index contributed by atoms with van der Waals surface area (Å²) < 4.78 is 27.5. The average Bonchev–Trinajstić information content (AvgIpc) is 2.55. The number of fused-ring (bicyclic) bond motifs is 1. The molecule has 0 radical (unpaired) electrons. The number of rotatable bonds is 3. The lowest BCUT2D eigenvalue weighted by atomic mass is 10.3. The molecule has 23 heavy (non-hydrogen) atoms. The molecule has 5 nitrogen and oxygen atoms in total. The fraction of sp³-hybridized carbons (Fsp3) is 0.125. The van der Waals surface area contributed by atoms with E-state index in [0.717, 1.165) is 5.56 Å². The molecule has 1 aromatic carbocycles. The van der Waals surface area contributed by atoms with Crippen LogP contribution in [-0.2, 0) is 9.84 Å². The highest BCUT2D eigenvalue weighted by molar-refractivity contribution is 7.99. The molecule has 118 valence electrons. The summed E-state index contributed by atoms with van der Waals surface area (Å²) in [5.74, 6) is 0. The van der Waals surface area contributed by atoms with Crippen molar-refractivity contribution in [1.29, 1.82) is 5.41 Å². The minimum absolute atomic E-state index is 0.0562. The van der Waals surface area contributed by atoms with Crippen LogP contribution >= 0.6 is 11.8 Å². The molecule has 0 aliphatic carbocycles. The molecule has 0 unspecified atom stereocenters. The zero-order valence-electron chi connectivity index (χ0n) is 12.6. The first-order valence-corrected chi connectivity index (χ1v) is 9.57. The summed E-state index contributed by atoms with van der Waals surface area (Å²) >= 11 is 1.23. The molecule has 0 spiro atoms. The van der Waals surface area contributed by atoms with Gasteiger partial charge in [-0.1, -0.05) is 24.3 Å². The molecule has 3 aromatic rings. The van der Waals surface area contributed by atoms with Crippen LogP contribution in [0.25, 0.3) is 5.65 Å². The Labute approximate surface area is 138 Å². The minimum atomic E-state index is -3.81. The van der Waals surface area contributed by atoms with Crippen molar-refractivity contribution in [2.24, 2.45) is 0 Å². The van der Waals surface area contributed by atoms with E-state index >= 15 is 0 Å². The van der Waals surface area contributed by atoms with Gasteiger partial charge in [-0.2, -0.15) is 0 Å². The Hall–Kier alpha value is -2.12. The second kappa shape index (κ2) is 5.82. The standard InChI is InChI=1S/C16H15N3O2S2/c1-11-8-9-13-18-16(22-2)14(15(17)19(13)10-11)23(20,21)12-6-4-3-5-7-12/h3-10,17H,1-2H3. The SMILES string of the molecule is CSc1nc2ccc(C)cn2c(=N)c1S(=O)(=O)c1ccccc1. The lowest BCUT2D eigenvalue weighted by molar-refractivity contribution is 0.589. The highest BCUT2D eigenvalue weighted by Crippen LogP contribution is 2.26. The van der Waals surface area contributed by atoms with Crippen molar-refractivity contribution in [2.75, 3.05) is 6.26 Å². The Morgan fingerprint density at radius 3 is 2.48 bits per heavy atom. The molecular weight excluding hydrogens is 330 g/mol. The van der Waals surface area contributed by atoms with E-state index in [0.29, 0.717) is 10.7 Å². The summed E-state index contributed by atoms with van der Waals surface area (Å²) in [4.78, 5) is 4.52. The summed E-state index contributed by atoms with van der Waals surface area (Å²) in [6.07, 6.45) is 3.48. The average molecular weight is 345 g/mol. The van der Waals surface area contributed by atoms with Crippen molar-refractivity contribution in [3.8, 4) is 0 Å². The number of hydrogen-bond acceptors (Lipinski definition) is 5. The molecule has 0 fully saturated rings. The number of nitrogens with one attached hydrogen (secondary N) is 1. The van der Waals surface area contributed by atoms with Crippen LogP contribution in [0.4, 0.5) is 0 Å². The fourth-order valence-electron chi connectivity index (χ4n) is 2.33. The number of benzene rings is 1. The van der Waals surface area contributed by atoms with E-state index in [4.69, 9.17) is 5.41 Å². The Morgan fingerprint density at radius 2 is 1.83 bits per heavy atom. The predicted octanol–water partition coefficient (Wildman–Crippen LogP) is 2.68. The molecule has 0 saturated heterocycles. The van der Waals surface area contributed by atoms with Gasteiger partial charge in [0, 0.05) is 6.20 Å². The van der Waals surface area contributed by atoms with E-state index < -0.39 is 9.84 Å². The Kier molecular flexibility index (Phi) is 3.99. The molecule has 0 saturated carbocycles. The first kappa shape index (κ1) is 15.8. The summed E-state index contributed by atoms with van der Waals surface area (Å²) in [5.41, 5.74) is 1.40. The molecule has 7 heteroatoms. The van der Waals surface area contributed by atoms with Crippen molar-refractivity contribution >= 4 is 27.2 Å². The van der Waals surface area contributed by atoms with Crippen molar-refractivity contribution < 1.29 is 8.42 Å². The van der Waals surface area contributed by atoms with Crippen molar-refractivity contribution in [1.82, 2.24) is 9.38 Å². The van der Waals surface area contributed by atoms with Gasteiger partial charge in [0.15, 0.2) is 5.49 Å². The Bertz CT molecular complexity index is 1040. The maximum Gasteiger partial charge on any atom is 0.212 e. The third-order valence-corrected chi connectivity index (χ3v) is 6.08. The van der Waals surface area contributed by atoms with E-state index in [2.05, 4.69) is 4.98 Å². The minimum Gasteiger partial charge on any atom is -0.285 e. The van der Waals surface area contributed by atoms with Crippen LogP contribution in [0.1, 0.15) is 5.56 Å². The summed E-state index contributed by atoms with van der Waals surface area (Å²) in [5, 5.41) is 8.75. The quantitative estimate of drug-likeness (QED) is 0.585. The van der Waals surface area contributed by atoms with Gasteiger partial charge in [0.1, 0.15) is 15.6 Å². The van der Waals surface area contributed by atoms with E-state index in [1.807, 2.05) is 13.0 Å². The third-order valence-electron chi connectivity index (χ3n) is 3.46. The van der Waals surface area contributed by atoms with Crippen LogP contribution in [0.15, 0.2) is 63.5 Å². The maximum absolute atomic E-state index is 13.0. The number of nitrogens with zero attached hydrogens (tertiary/aromatic N) is 2. The molecule has 1 N–H and O–H groups in total.